The van der Waals surface area contributed by atoms with E-state index in [9.17, 15) is 9.59 Å². The molecule has 2 heterocycles. The lowest BCUT2D eigenvalue weighted by Gasteiger charge is -2.14. The summed E-state index contributed by atoms with van der Waals surface area (Å²) in [6.45, 7) is 5.69. The van der Waals surface area contributed by atoms with Crippen LogP contribution in [-0.4, -0.2) is 15.6 Å². The Hall–Kier alpha value is -3.15. The number of amides is 1. The zero-order chi connectivity index (χ0) is 19.8. The molecular weight excluding hydrogens is 354 g/mol. The predicted molar refractivity (Wildman–Crippen MR) is 106 cm³/mol. The first-order chi connectivity index (χ1) is 13.5. The molecule has 0 atom stereocenters. The zero-order valence-electron chi connectivity index (χ0n) is 16.3. The average molecular weight is 377 g/mol. The summed E-state index contributed by atoms with van der Waals surface area (Å²) in [6.07, 6.45) is 4.85. The second kappa shape index (κ2) is 7.11. The molecule has 0 fully saturated rings. The Morgan fingerprint density at radius 2 is 2.04 bits per heavy atom. The molecule has 0 saturated carbocycles. The van der Waals surface area contributed by atoms with Crippen LogP contribution in [0, 0.1) is 20.8 Å². The fourth-order valence-electron chi connectivity index (χ4n) is 3.93. The number of aromatic nitrogens is 2. The second-order valence-electron chi connectivity index (χ2n) is 7.30. The van der Waals surface area contributed by atoms with Gasteiger partial charge in [-0.1, -0.05) is 17.3 Å². The Balaban J connectivity index is 1.69. The maximum absolute atomic E-state index is 13.2. The maximum Gasteiger partial charge on any atom is 0.268 e. The summed E-state index contributed by atoms with van der Waals surface area (Å²) >= 11 is 0. The van der Waals surface area contributed by atoms with Gasteiger partial charge in [-0.25, -0.2) is 0 Å². The van der Waals surface area contributed by atoms with E-state index in [2.05, 4.69) is 16.5 Å². The van der Waals surface area contributed by atoms with Crippen LogP contribution in [-0.2, 0) is 19.4 Å². The van der Waals surface area contributed by atoms with Crippen molar-refractivity contribution in [1.82, 2.24) is 15.0 Å². The SMILES string of the molecule is Cc1ccn(-c2cccc3c2CCC3)c(=O)c1C(=O)NCc1c(C)noc1C. The summed E-state index contributed by atoms with van der Waals surface area (Å²) in [5.74, 6) is 0.282. The van der Waals surface area contributed by atoms with Gasteiger partial charge in [0.05, 0.1) is 11.4 Å². The lowest BCUT2D eigenvalue weighted by Crippen LogP contribution is -2.33. The van der Waals surface area contributed by atoms with E-state index < -0.39 is 0 Å². The summed E-state index contributed by atoms with van der Waals surface area (Å²) in [5, 5.41) is 6.74. The fraction of sp³-hybridized carbons (Fsp3) is 0.318. The molecule has 0 spiro atoms. The smallest absolute Gasteiger partial charge is 0.268 e. The molecule has 4 rings (SSSR count). The zero-order valence-corrected chi connectivity index (χ0v) is 16.3. The van der Waals surface area contributed by atoms with E-state index in [1.54, 1.807) is 24.6 Å². The standard InChI is InChI=1S/C22H23N3O3/c1-13-10-11-25(19-9-5-7-16-6-4-8-17(16)19)22(27)20(13)21(26)23-12-18-14(2)24-28-15(18)3/h5,7,9-11H,4,6,8,12H2,1-3H3,(H,23,26). The fourth-order valence-corrected chi connectivity index (χ4v) is 3.93. The molecule has 0 radical (unpaired) electrons. The van der Waals surface area contributed by atoms with Crippen molar-refractivity contribution in [3.63, 3.8) is 0 Å². The Bertz CT molecular complexity index is 1110. The molecule has 0 bridgehead atoms. The molecule has 3 aromatic rings. The number of rotatable bonds is 4. The minimum atomic E-state index is -0.385. The normalized spacial score (nSPS) is 12.8. The highest BCUT2D eigenvalue weighted by atomic mass is 16.5. The van der Waals surface area contributed by atoms with Crippen molar-refractivity contribution in [3.05, 3.63) is 80.1 Å². The van der Waals surface area contributed by atoms with Crippen LogP contribution in [0.25, 0.3) is 5.69 Å². The van der Waals surface area contributed by atoms with Crippen molar-refractivity contribution in [3.8, 4) is 5.69 Å². The van der Waals surface area contributed by atoms with Crippen molar-refractivity contribution in [1.29, 1.82) is 0 Å². The molecule has 2 aromatic heterocycles. The molecule has 0 saturated heterocycles. The molecule has 0 aliphatic heterocycles. The van der Waals surface area contributed by atoms with Crippen molar-refractivity contribution in [2.45, 2.75) is 46.6 Å². The van der Waals surface area contributed by atoms with Crippen LogP contribution in [0.15, 0.2) is 39.8 Å². The topological polar surface area (TPSA) is 77.1 Å². The van der Waals surface area contributed by atoms with Crippen molar-refractivity contribution >= 4 is 5.91 Å². The first kappa shape index (κ1) is 18.2. The van der Waals surface area contributed by atoms with E-state index in [0.717, 1.165) is 36.2 Å². The van der Waals surface area contributed by atoms with E-state index in [-0.39, 0.29) is 23.6 Å². The number of hydrogen-bond acceptors (Lipinski definition) is 4. The molecule has 1 N–H and O–H groups in total. The average Bonchev–Trinajstić information content (AvgIpc) is 3.27. The van der Waals surface area contributed by atoms with Gasteiger partial charge in [-0.05, 0) is 68.9 Å². The highest BCUT2D eigenvalue weighted by molar-refractivity contribution is 5.95. The maximum atomic E-state index is 13.2. The van der Waals surface area contributed by atoms with Crippen molar-refractivity contribution in [2.75, 3.05) is 0 Å². The lowest BCUT2D eigenvalue weighted by atomic mass is 10.1. The van der Waals surface area contributed by atoms with Gasteiger partial charge in [-0.2, -0.15) is 0 Å². The van der Waals surface area contributed by atoms with E-state index >= 15 is 0 Å². The highest BCUT2D eigenvalue weighted by Gasteiger charge is 2.21. The quantitative estimate of drug-likeness (QED) is 0.758. The number of aryl methyl sites for hydroxylation is 4. The molecule has 1 aromatic carbocycles. The number of nitrogens with zero attached hydrogens (tertiary/aromatic N) is 2. The monoisotopic (exact) mass is 377 g/mol. The number of pyridine rings is 1. The van der Waals surface area contributed by atoms with E-state index in [4.69, 9.17) is 4.52 Å². The largest absolute Gasteiger partial charge is 0.361 e. The molecule has 6 nitrogen and oxygen atoms in total. The van der Waals surface area contributed by atoms with E-state index in [1.165, 1.54) is 11.1 Å². The Kier molecular flexibility index (Phi) is 4.63. The van der Waals surface area contributed by atoms with Crippen LogP contribution in [0.2, 0.25) is 0 Å². The summed E-state index contributed by atoms with van der Waals surface area (Å²) in [7, 11) is 0. The van der Waals surface area contributed by atoms with Crippen LogP contribution < -0.4 is 10.9 Å². The van der Waals surface area contributed by atoms with Crippen LogP contribution in [0.1, 0.15) is 50.5 Å². The van der Waals surface area contributed by atoms with Crippen molar-refractivity contribution < 1.29 is 9.32 Å². The summed E-state index contributed by atoms with van der Waals surface area (Å²) in [6, 6.07) is 7.86. The van der Waals surface area contributed by atoms with Crippen LogP contribution in [0.4, 0.5) is 0 Å². The third-order valence-electron chi connectivity index (χ3n) is 5.52. The van der Waals surface area contributed by atoms with Gasteiger partial charge in [0.1, 0.15) is 11.3 Å². The van der Waals surface area contributed by atoms with E-state index in [0.29, 0.717) is 11.3 Å². The molecule has 1 aliphatic rings. The molecule has 6 heteroatoms. The van der Waals surface area contributed by atoms with Crippen molar-refractivity contribution in [2.24, 2.45) is 0 Å². The molecule has 1 amide bonds. The first-order valence-electron chi connectivity index (χ1n) is 9.50. The molecular formula is C22H23N3O3. The summed E-state index contributed by atoms with van der Waals surface area (Å²) in [4.78, 5) is 26.0. The van der Waals surface area contributed by atoms with Crippen LogP contribution in [0.3, 0.4) is 0 Å². The predicted octanol–water partition coefficient (Wildman–Crippen LogP) is 3.17. The van der Waals surface area contributed by atoms with Crippen LogP contribution in [0.5, 0.6) is 0 Å². The number of carbonyl (C=O) groups is 1. The Labute approximate surface area is 163 Å². The first-order valence-corrected chi connectivity index (χ1v) is 9.50. The van der Waals surface area contributed by atoms with Gasteiger partial charge in [0, 0.05) is 18.3 Å². The van der Waals surface area contributed by atoms with Gasteiger partial charge >= 0.3 is 0 Å². The second-order valence-corrected chi connectivity index (χ2v) is 7.30. The Morgan fingerprint density at radius 1 is 1.21 bits per heavy atom. The third-order valence-corrected chi connectivity index (χ3v) is 5.52. The molecule has 0 unspecified atom stereocenters. The number of carbonyl (C=O) groups excluding carboxylic acids is 1. The minimum Gasteiger partial charge on any atom is -0.361 e. The molecule has 1 aliphatic carbocycles. The van der Waals surface area contributed by atoms with Gasteiger partial charge in [0.2, 0.25) is 0 Å². The number of nitrogens with one attached hydrogen (secondary N) is 1. The van der Waals surface area contributed by atoms with Gasteiger partial charge < -0.3 is 9.84 Å². The summed E-state index contributed by atoms with van der Waals surface area (Å²) < 4.78 is 6.73. The number of hydrogen-bond donors (Lipinski definition) is 1. The highest BCUT2D eigenvalue weighted by Crippen LogP contribution is 2.27. The minimum absolute atomic E-state index is 0.171. The lowest BCUT2D eigenvalue weighted by molar-refractivity contribution is 0.0948. The third kappa shape index (κ3) is 3.05. The number of fused-ring (bicyclic) bond motifs is 1. The number of benzene rings is 1. The van der Waals surface area contributed by atoms with Gasteiger partial charge in [-0.3, -0.25) is 14.2 Å². The van der Waals surface area contributed by atoms with Gasteiger partial charge in [0.15, 0.2) is 0 Å². The molecule has 28 heavy (non-hydrogen) atoms. The molecule has 144 valence electrons. The van der Waals surface area contributed by atoms with Gasteiger partial charge in [-0.15, -0.1) is 0 Å². The van der Waals surface area contributed by atoms with E-state index in [1.807, 2.05) is 25.1 Å². The van der Waals surface area contributed by atoms with Crippen LogP contribution >= 0.6 is 0 Å². The summed E-state index contributed by atoms with van der Waals surface area (Å²) in [5.41, 5.74) is 5.47. The Morgan fingerprint density at radius 3 is 2.79 bits per heavy atom. The van der Waals surface area contributed by atoms with Gasteiger partial charge in [0.25, 0.3) is 11.5 Å².